The van der Waals surface area contributed by atoms with E-state index in [1.165, 1.54) is 0 Å². The van der Waals surface area contributed by atoms with Crippen molar-refractivity contribution in [3.8, 4) is 0 Å². The molecule has 0 aliphatic heterocycles. The van der Waals surface area contributed by atoms with Crippen molar-refractivity contribution in [3.63, 3.8) is 0 Å². The Kier molecular flexibility index (Phi) is 9.65. The fourth-order valence-corrected chi connectivity index (χ4v) is 0. The first-order valence-electron chi connectivity index (χ1n) is 1.10. The number of carboxylic acids is 1. The zero-order valence-corrected chi connectivity index (χ0v) is 3.40. The average Bonchev–Trinajstić information content (AvgIpc) is 1.38. The summed E-state index contributed by atoms with van der Waals surface area (Å²) in [5.74, 6) is -0.965. The van der Waals surface area contributed by atoms with Gasteiger partial charge in [0.15, 0.2) is 0 Å². The van der Waals surface area contributed by atoms with E-state index in [0.717, 1.165) is 0 Å². The van der Waals surface area contributed by atoms with Gasteiger partial charge in [-0.05, 0) is 0 Å². The summed E-state index contributed by atoms with van der Waals surface area (Å²) >= 11 is 3.42. The van der Waals surface area contributed by atoms with Gasteiger partial charge in [-0.15, -0.1) is 0 Å². The average molecular weight is 116 g/mol. The van der Waals surface area contributed by atoms with Crippen molar-refractivity contribution in [1.82, 2.24) is 0 Å². The summed E-state index contributed by atoms with van der Waals surface area (Å²) in [7, 11) is 0. The van der Waals surface area contributed by atoms with E-state index >= 15 is 0 Å². The van der Waals surface area contributed by atoms with Crippen molar-refractivity contribution in [3.05, 3.63) is 0 Å². The summed E-state index contributed by atoms with van der Waals surface area (Å²) in [6.07, 6.45) is 0. The molecule has 0 aliphatic rings. The Morgan fingerprint density at radius 2 is 2.00 bits per heavy atom. The molecule has 0 unspecified atom stereocenters. The third-order valence-corrected chi connectivity index (χ3v) is 0.406. The second-order valence-corrected chi connectivity index (χ2v) is 0.868. The minimum absolute atomic E-state index is 0. The molecule has 0 saturated heterocycles. The molecule has 2 nitrogen and oxygen atoms in total. The van der Waals surface area contributed by atoms with Gasteiger partial charge < -0.3 is 5.11 Å². The van der Waals surface area contributed by atoms with Gasteiger partial charge in [0, 0.05) is 0 Å². The predicted molar refractivity (Wildman–Crippen MR) is 28.6 cm³/mol. The first kappa shape index (κ1) is 9.94. The molecule has 0 fully saturated rings. The molecule has 32 valence electrons. The van der Waals surface area contributed by atoms with Gasteiger partial charge in [0.05, 0.1) is 5.75 Å². The van der Waals surface area contributed by atoms with E-state index in [2.05, 4.69) is 12.6 Å². The van der Waals surface area contributed by atoms with Crippen LogP contribution in [0.3, 0.4) is 0 Å². The maximum absolute atomic E-state index is 9.29. The molecule has 1 N–H and O–H groups in total. The standard InChI is InChI=1S/C2H4O2S.Na.H/c3-2(4)1-5;;/h5H,1H2,(H,3,4);;. The predicted octanol–water partition coefficient (Wildman–Crippen LogP) is -0.648. The number of aliphatic carboxylic acids is 1. The van der Waals surface area contributed by atoms with Crippen molar-refractivity contribution >= 4 is 48.2 Å². The molecule has 0 amide bonds. The van der Waals surface area contributed by atoms with Gasteiger partial charge in [-0.1, -0.05) is 0 Å². The topological polar surface area (TPSA) is 37.3 Å². The Labute approximate surface area is 63.6 Å². The molecule has 0 aromatic heterocycles. The summed E-state index contributed by atoms with van der Waals surface area (Å²) in [6.45, 7) is 0. The van der Waals surface area contributed by atoms with Crippen LogP contribution in [0.25, 0.3) is 0 Å². The number of hydrogen-bond acceptors (Lipinski definition) is 2. The van der Waals surface area contributed by atoms with Gasteiger partial charge in [-0.25, -0.2) is 0 Å². The number of thiol groups is 1. The van der Waals surface area contributed by atoms with Crippen LogP contribution in [0.5, 0.6) is 0 Å². The molecule has 0 bridgehead atoms. The molecule has 0 atom stereocenters. The van der Waals surface area contributed by atoms with E-state index in [4.69, 9.17) is 5.11 Å². The van der Waals surface area contributed by atoms with E-state index in [0.29, 0.717) is 0 Å². The summed E-state index contributed by atoms with van der Waals surface area (Å²) in [5, 5.41) is 7.65. The Balaban J connectivity index is 0. The van der Waals surface area contributed by atoms with Gasteiger partial charge in [-0.2, -0.15) is 12.6 Å². The van der Waals surface area contributed by atoms with Crippen LogP contribution in [0.2, 0.25) is 0 Å². The van der Waals surface area contributed by atoms with Crippen LogP contribution >= 0.6 is 12.6 Å². The third kappa shape index (κ3) is 8.84. The number of hydrogen-bond donors (Lipinski definition) is 2. The van der Waals surface area contributed by atoms with Crippen molar-refractivity contribution in [2.75, 3.05) is 5.75 Å². The molecule has 0 aromatic rings. The van der Waals surface area contributed by atoms with E-state index in [1.54, 1.807) is 0 Å². The Bertz CT molecular complexity index is 46.8. The number of carbonyl (C=O) groups is 1. The molecule has 0 spiro atoms. The molecule has 0 rings (SSSR count). The number of carboxylic acid groups (broad SMARTS) is 1. The van der Waals surface area contributed by atoms with Crippen molar-refractivity contribution in [2.24, 2.45) is 0 Å². The summed E-state index contributed by atoms with van der Waals surface area (Å²) in [4.78, 5) is 9.29. The molecule has 0 saturated carbocycles. The second-order valence-electron chi connectivity index (χ2n) is 0.552. The van der Waals surface area contributed by atoms with Crippen molar-refractivity contribution in [2.45, 2.75) is 0 Å². The van der Waals surface area contributed by atoms with Crippen LogP contribution in [0.15, 0.2) is 0 Å². The Morgan fingerprint density at radius 3 is 2.00 bits per heavy atom. The van der Waals surface area contributed by atoms with Crippen LogP contribution in [-0.2, 0) is 4.79 Å². The van der Waals surface area contributed by atoms with Crippen LogP contribution in [0, 0.1) is 0 Å². The fourth-order valence-electron chi connectivity index (χ4n) is 0. The molecule has 4 heteroatoms. The zero-order valence-electron chi connectivity index (χ0n) is 2.51. The van der Waals surface area contributed by atoms with Gasteiger partial charge in [-0.3, -0.25) is 4.79 Å². The molecule has 0 aromatic carbocycles. The first-order valence-corrected chi connectivity index (χ1v) is 1.73. The van der Waals surface area contributed by atoms with Crippen LogP contribution < -0.4 is 0 Å². The third-order valence-electron chi connectivity index (χ3n) is 0.135. The van der Waals surface area contributed by atoms with Gasteiger partial charge in [0.2, 0.25) is 0 Å². The van der Waals surface area contributed by atoms with Gasteiger partial charge >= 0.3 is 35.5 Å². The molecule has 0 heterocycles. The normalized spacial score (nSPS) is 6.17. The van der Waals surface area contributed by atoms with E-state index in [1.807, 2.05) is 0 Å². The second kappa shape index (κ2) is 5.82. The monoisotopic (exact) mass is 116 g/mol. The number of rotatable bonds is 1. The van der Waals surface area contributed by atoms with Crippen LogP contribution in [-0.4, -0.2) is 46.4 Å². The zero-order chi connectivity index (χ0) is 4.28. The SMILES string of the molecule is O=C(O)CS.[NaH]. The fraction of sp³-hybridized carbons (Fsp3) is 0.500. The van der Waals surface area contributed by atoms with Gasteiger partial charge in [0.1, 0.15) is 0 Å². The van der Waals surface area contributed by atoms with E-state index in [-0.39, 0.29) is 35.3 Å². The maximum atomic E-state index is 9.29. The summed E-state index contributed by atoms with van der Waals surface area (Å²) in [5.41, 5.74) is 0. The molecular weight excluding hydrogens is 111 g/mol. The van der Waals surface area contributed by atoms with Crippen LogP contribution in [0.4, 0.5) is 0 Å². The van der Waals surface area contributed by atoms with Crippen molar-refractivity contribution in [1.29, 1.82) is 0 Å². The van der Waals surface area contributed by atoms with E-state index < -0.39 is 5.97 Å². The summed E-state index contributed by atoms with van der Waals surface area (Å²) < 4.78 is 0. The quantitative estimate of drug-likeness (QED) is 0.353. The molecule has 0 radical (unpaired) electrons. The van der Waals surface area contributed by atoms with Crippen molar-refractivity contribution < 1.29 is 9.90 Å². The molecule has 0 aliphatic carbocycles. The first-order chi connectivity index (χ1) is 2.27. The minimum atomic E-state index is -0.881. The van der Waals surface area contributed by atoms with E-state index in [9.17, 15) is 4.79 Å². The Hall–Kier alpha value is 0.820. The van der Waals surface area contributed by atoms with Crippen LogP contribution in [0.1, 0.15) is 0 Å². The van der Waals surface area contributed by atoms with Gasteiger partial charge in [0.25, 0.3) is 0 Å². The summed E-state index contributed by atoms with van der Waals surface area (Å²) in [6, 6.07) is 0. The molecular formula is C2H5NaO2S. The molecule has 6 heavy (non-hydrogen) atoms. The Morgan fingerprint density at radius 1 is 1.83 bits per heavy atom.